The molecule has 1 amide bonds. The molecule has 1 heterocycles. The van der Waals surface area contributed by atoms with E-state index in [-0.39, 0.29) is 17.7 Å². The van der Waals surface area contributed by atoms with Crippen LogP contribution in [-0.4, -0.2) is 22.6 Å². The van der Waals surface area contributed by atoms with Crippen LogP contribution in [0.25, 0.3) is 0 Å². The van der Waals surface area contributed by atoms with Gasteiger partial charge in [-0.15, -0.1) is 0 Å². The number of carbonyl (C=O) groups excluding carboxylic acids is 1. The summed E-state index contributed by atoms with van der Waals surface area (Å²) < 4.78 is 0. The Morgan fingerprint density at radius 3 is 2.63 bits per heavy atom. The maximum Gasteiger partial charge on any atom is 0.254 e. The van der Waals surface area contributed by atoms with E-state index in [2.05, 4.69) is 10.3 Å². The molecule has 19 heavy (non-hydrogen) atoms. The number of halogens is 1. The Balaban J connectivity index is 2.16. The van der Waals surface area contributed by atoms with Crippen LogP contribution in [0.2, 0.25) is 5.15 Å². The molecule has 4 nitrogen and oxygen atoms in total. The summed E-state index contributed by atoms with van der Waals surface area (Å²) in [5, 5.41) is 12.3. The number of aromatic nitrogens is 1. The Morgan fingerprint density at radius 2 is 2.00 bits per heavy atom. The smallest absolute Gasteiger partial charge is 0.254 e. The molecule has 0 aliphatic rings. The highest BCUT2D eigenvalue weighted by atomic mass is 35.5. The number of hydrogen-bond donors (Lipinski definition) is 2. The number of aliphatic hydroxyl groups excluding tert-OH is 1. The number of benzene rings is 1. The van der Waals surface area contributed by atoms with Gasteiger partial charge in [-0.05, 0) is 17.7 Å². The molecule has 0 spiro atoms. The van der Waals surface area contributed by atoms with Gasteiger partial charge in [0.2, 0.25) is 0 Å². The third-order valence-electron chi connectivity index (χ3n) is 2.69. The molecule has 2 aromatic rings. The lowest BCUT2D eigenvalue weighted by atomic mass is 10.1. The lowest BCUT2D eigenvalue weighted by molar-refractivity contribution is 0.0916. The molecule has 1 aromatic heterocycles. The number of rotatable bonds is 4. The SMILES string of the molecule is O=C(N[C@@H](CO)c1ccccc1)c1cccnc1Cl. The van der Waals surface area contributed by atoms with Crippen LogP contribution in [0.1, 0.15) is 22.0 Å². The van der Waals surface area contributed by atoms with Crippen molar-refractivity contribution < 1.29 is 9.90 Å². The Kier molecular flexibility index (Phi) is 4.49. The molecule has 5 heteroatoms. The van der Waals surface area contributed by atoms with Gasteiger partial charge in [0, 0.05) is 6.20 Å². The molecule has 0 aliphatic heterocycles. The van der Waals surface area contributed by atoms with E-state index in [0.717, 1.165) is 5.56 Å². The third-order valence-corrected chi connectivity index (χ3v) is 2.99. The minimum Gasteiger partial charge on any atom is -0.394 e. The molecule has 0 saturated carbocycles. The quantitative estimate of drug-likeness (QED) is 0.842. The average Bonchev–Trinajstić information content (AvgIpc) is 2.46. The van der Waals surface area contributed by atoms with Crippen LogP contribution in [0.15, 0.2) is 48.7 Å². The first-order chi connectivity index (χ1) is 9.22. The second kappa shape index (κ2) is 6.31. The van der Waals surface area contributed by atoms with E-state index in [4.69, 9.17) is 11.6 Å². The molecule has 0 saturated heterocycles. The molecule has 1 aromatic carbocycles. The standard InChI is InChI=1S/C14H13ClN2O2/c15-13-11(7-4-8-16-13)14(19)17-12(9-18)10-5-2-1-3-6-10/h1-8,12,18H,9H2,(H,17,19)/t12-/m0/s1. The second-order valence-corrected chi connectivity index (χ2v) is 4.32. The highest BCUT2D eigenvalue weighted by molar-refractivity contribution is 6.32. The molecule has 0 fully saturated rings. The van der Waals surface area contributed by atoms with Gasteiger partial charge in [0.15, 0.2) is 0 Å². The van der Waals surface area contributed by atoms with E-state index in [9.17, 15) is 9.90 Å². The number of carbonyl (C=O) groups is 1. The predicted octanol–water partition coefficient (Wildman–Crippen LogP) is 2.20. The molecule has 98 valence electrons. The highest BCUT2D eigenvalue weighted by Crippen LogP contribution is 2.15. The lowest BCUT2D eigenvalue weighted by Crippen LogP contribution is -2.31. The molecule has 2 rings (SSSR count). The minimum absolute atomic E-state index is 0.143. The van der Waals surface area contributed by atoms with Crippen molar-refractivity contribution in [1.82, 2.24) is 10.3 Å². The van der Waals surface area contributed by atoms with E-state index >= 15 is 0 Å². The van der Waals surface area contributed by atoms with Gasteiger partial charge in [0.05, 0.1) is 18.2 Å². The Bertz CT molecular complexity index is 560. The zero-order valence-corrected chi connectivity index (χ0v) is 10.8. The van der Waals surface area contributed by atoms with Crippen LogP contribution in [0.3, 0.4) is 0 Å². The minimum atomic E-state index is -0.468. The zero-order chi connectivity index (χ0) is 13.7. The van der Waals surface area contributed by atoms with Crippen LogP contribution >= 0.6 is 11.6 Å². The average molecular weight is 277 g/mol. The molecule has 0 radical (unpaired) electrons. The first-order valence-electron chi connectivity index (χ1n) is 5.79. The fraction of sp³-hybridized carbons (Fsp3) is 0.143. The Labute approximate surface area is 116 Å². The van der Waals surface area contributed by atoms with Gasteiger partial charge in [-0.3, -0.25) is 4.79 Å². The third kappa shape index (κ3) is 3.30. The molecule has 2 N–H and O–H groups in total. The summed E-state index contributed by atoms with van der Waals surface area (Å²) in [6, 6.07) is 12.0. The first-order valence-corrected chi connectivity index (χ1v) is 6.17. The summed E-state index contributed by atoms with van der Waals surface area (Å²) >= 11 is 5.86. The van der Waals surface area contributed by atoms with Crippen molar-refractivity contribution in [2.24, 2.45) is 0 Å². The number of hydrogen-bond acceptors (Lipinski definition) is 3. The predicted molar refractivity (Wildman–Crippen MR) is 73.0 cm³/mol. The van der Waals surface area contributed by atoms with Crippen molar-refractivity contribution in [3.8, 4) is 0 Å². The molecular formula is C14H13ClN2O2. The lowest BCUT2D eigenvalue weighted by Gasteiger charge is -2.16. The largest absolute Gasteiger partial charge is 0.394 e. The van der Waals surface area contributed by atoms with Crippen molar-refractivity contribution in [2.45, 2.75) is 6.04 Å². The van der Waals surface area contributed by atoms with Gasteiger partial charge in [-0.25, -0.2) is 4.98 Å². The molecule has 1 atom stereocenters. The van der Waals surface area contributed by atoms with Gasteiger partial charge in [-0.2, -0.15) is 0 Å². The molecule has 0 aliphatic carbocycles. The highest BCUT2D eigenvalue weighted by Gasteiger charge is 2.16. The number of nitrogens with one attached hydrogen (secondary N) is 1. The fourth-order valence-electron chi connectivity index (χ4n) is 1.71. The topological polar surface area (TPSA) is 62.2 Å². The van der Waals surface area contributed by atoms with Gasteiger partial charge in [0.25, 0.3) is 5.91 Å². The summed E-state index contributed by atoms with van der Waals surface area (Å²) in [6.45, 7) is -0.187. The van der Waals surface area contributed by atoms with Crippen molar-refractivity contribution in [2.75, 3.05) is 6.61 Å². The maximum atomic E-state index is 12.1. The molecular weight excluding hydrogens is 264 g/mol. The number of nitrogens with zero attached hydrogens (tertiary/aromatic N) is 1. The van der Waals surface area contributed by atoms with Gasteiger partial charge in [-0.1, -0.05) is 41.9 Å². The Morgan fingerprint density at radius 1 is 1.26 bits per heavy atom. The summed E-state index contributed by atoms with van der Waals surface area (Å²) in [5.74, 6) is -0.360. The zero-order valence-electron chi connectivity index (χ0n) is 10.1. The Hall–Kier alpha value is -1.91. The first kappa shape index (κ1) is 13.5. The number of aliphatic hydroxyl groups is 1. The van der Waals surface area contributed by atoms with E-state index < -0.39 is 6.04 Å². The van der Waals surface area contributed by atoms with Crippen LogP contribution in [-0.2, 0) is 0 Å². The maximum absolute atomic E-state index is 12.1. The van der Waals surface area contributed by atoms with Crippen molar-refractivity contribution in [1.29, 1.82) is 0 Å². The second-order valence-electron chi connectivity index (χ2n) is 3.96. The van der Waals surface area contributed by atoms with Crippen molar-refractivity contribution in [3.05, 3.63) is 64.9 Å². The fourth-order valence-corrected chi connectivity index (χ4v) is 1.92. The van der Waals surface area contributed by atoms with Gasteiger partial charge >= 0.3 is 0 Å². The van der Waals surface area contributed by atoms with E-state index in [1.54, 1.807) is 12.1 Å². The molecule has 0 bridgehead atoms. The summed E-state index contributed by atoms with van der Waals surface area (Å²) in [5.41, 5.74) is 1.12. The number of pyridine rings is 1. The van der Waals surface area contributed by atoms with Crippen molar-refractivity contribution >= 4 is 17.5 Å². The summed E-state index contributed by atoms with van der Waals surface area (Å²) in [7, 11) is 0. The summed E-state index contributed by atoms with van der Waals surface area (Å²) in [6.07, 6.45) is 1.51. The van der Waals surface area contributed by atoms with Crippen molar-refractivity contribution in [3.63, 3.8) is 0 Å². The van der Waals surface area contributed by atoms with Crippen LogP contribution in [0, 0.1) is 0 Å². The monoisotopic (exact) mass is 276 g/mol. The number of amides is 1. The van der Waals surface area contributed by atoms with Crippen LogP contribution in [0.4, 0.5) is 0 Å². The van der Waals surface area contributed by atoms with E-state index in [0.29, 0.717) is 5.56 Å². The normalized spacial score (nSPS) is 11.9. The van der Waals surface area contributed by atoms with E-state index in [1.807, 2.05) is 30.3 Å². The summed E-state index contributed by atoms with van der Waals surface area (Å²) in [4.78, 5) is 15.9. The van der Waals surface area contributed by atoms with E-state index in [1.165, 1.54) is 6.20 Å². The van der Waals surface area contributed by atoms with Gasteiger partial charge < -0.3 is 10.4 Å². The van der Waals surface area contributed by atoms with Crippen LogP contribution < -0.4 is 5.32 Å². The van der Waals surface area contributed by atoms with Gasteiger partial charge in [0.1, 0.15) is 5.15 Å². The van der Waals surface area contributed by atoms with Crippen LogP contribution in [0.5, 0.6) is 0 Å². The molecule has 0 unspecified atom stereocenters.